The van der Waals surface area contributed by atoms with Crippen molar-refractivity contribution in [3.63, 3.8) is 0 Å². The second-order valence-corrected chi connectivity index (χ2v) is 9.67. The minimum atomic E-state index is -3.49. The highest BCUT2D eigenvalue weighted by Gasteiger charge is 2.35. The van der Waals surface area contributed by atoms with Gasteiger partial charge in [0.25, 0.3) is 0 Å². The van der Waals surface area contributed by atoms with Crippen LogP contribution in [0.25, 0.3) is 0 Å². The minimum Gasteiger partial charge on any atom is -0.312 e. The summed E-state index contributed by atoms with van der Waals surface area (Å²) in [6.07, 6.45) is 3.48. The van der Waals surface area contributed by atoms with Gasteiger partial charge in [0.05, 0.1) is 10.8 Å². The van der Waals surface area contributed by atoms with Gasteiger partial charge in [-0.25, -0.2) is 13.4 Å². The van der Waals surface area contributed by atoms with E-state index in [4.69, 9.17) is 0 Å². The van der Waals surface area contributed by atoms with Gasteiger partial charge in [-0.3, -0.25) is 9.59 Å². The molecular weight excluding hydrogens is 400 g/mol. The second-order valence-electron chi connectivity index (χ2n) is 6.84. The summed E-state index contributed by atoms with van der Waals surface area (Å²) in [7, 11) is -3.49. The van der Waals surface area contributed by atoms with Gasteiger partial charge >= 0.3 is 0 Å². The number of rotatable bonds is 5. The molecule has 0 unspecified atom stereocenters. The summed E-state index contributed by atoms with van der Waals surface area (Å²) >= 11 is 1.32. The molecule has 1 atom stereocenters. The number of anilines is 2. The van der Waals surface area contributed by atoms with E-state index in [1.54, 1.807) is 23.7 Å². The zero-order valence-electron chi connectivity index (χ0n) is 15.1. The summed E-state index contributed by atoms with van der Waals surface area (Å²) in [6, 6.07) is 6.31. The lowest BCUT2D eigenvalue weighted by molar-refractivity contribution is -0.122. The van der Waals surface area contributed by atoms with Gasteiger partial charge in [-0.05, 0) is 37.1 Å². The van der Waals surface area contributed by atoms with E-state index in [0.29, 0.717) is 23.9 Å². The van der Waals surface area contributed by atoms with E-state index in [1.807, 2.05) is 0 Å². The first-order chi connectivity index (χ1) is 13.4. The average molecular weight is 421 g/mol. The van der Waals surface area contributed by atoms with Crippen LogP contribution in [0.15, 0.2) is 40.7 Å². The van der Waals surface area contributed by atoms with Gasteiger partial charge in [-0.15, -0.1) is 11.3 Å². The Labute approximate surface area is 167 Å². The van der Waals surface area contributed by atoms with Crippen molar-refractivity contribution in [2.45, 2.75) is 24.2 Å². The van der Waals surface area contributed by atoms with E-state index < -0.39 is 15.9 Å². The summed E-state index contributed by atoms with van der Waals surface area (Å²) in [6.45, 7) is 1.35. The second kappa shape index (κ2) is 7.61. The number of benzene rings is 1. The van der Waals surface area contributed by atoms with Crippen LogP contribution < -0.4 is 10.2 Å². The van der Waals surface area contributed by atoms with E-state index in [9.17, 15) is 18.0 Å². The molecule has 2 fully saturated rings. The van der Waals surface area contributed by atoms with Crippen LogP contribution >= 0.6 is 11.3 Å². The Morgan fingerprint density at radius 2 is 1.89 bits per heavy atom. The monoisotopic (exact) mass is 420 g/mol. The van der Waals surface area contributed by atoms with Crippen molar-refractivity contribution in [3.8, 4) is 0 Å². The van der Waals surface area contributed by atoms with E-state index in [2.05, 4.69) is 10.3 Å². The quantitative estimate of drug-likeness (QED) is 0.797. The van der Waals surface area contributed by atoms with Gasteiger partial charge in [0.15, 0.2) is 5.13 Å². The first kappa shape index (κ1) is 19.0. The molecule has 0 bridgehead atoms. The van der Waals surface area contributed by atoms with E-state index in [1.165, 1.54) is 32.7 Å². The lowest BCUT2D eigenvalue weighted by Crippen LogP contribution is -2.29. The lowest BCUT2D eigenvalue weighted by atomic mass is 10.1. The molecule has 2 aliphatic heterocycles. The maximum Gasteiger partial charge on any atom is 0.243 e. The Balaban J connectivity index is 1.45. The van der Waals surface area contributed by atoms with Crippen LogP contribution in [0.5, 0.6) is 0 Å². The number of hydrogen-bond donors (Lipinski definition) is 1. The standard InChI is InChI=1S/C18H20N4O4S2/c23-16-11-13(17(24)20-18-19-7-10-27-18)12-22(16)14-3-5-15(6-4-14)28(25,26)21-8-1-2-9-21/h3-7,10,13H,1-2,8-9,11-12H2,(H,19,20,24)/t13-/m1/s1. The molecule has 10 heteroatoms. The maximum absolute atomic E-state index is 12.6. The number of thiazole rings is 1. The molecule has 1 aromatic heterocycles. The number of amides is 2. The number of nitrogens with one attached hydrogen (secondary N) is 1. The molecule has 2 amide bonds. The molecule has 0 aliphatic carbocycles. The van der Waals surface area contributed by atoms with Crippen LogP contribution in [0.2, 0.25) is 0 Å². The fourth-order valence-corrected chi connectivity index (χ4v) is 5.55. The third-order valence-corrected chi connectivity index (χ3v) is 7.61. The molecule has 28 heavy (non-hydrogen) atoms. The molecule has 1 aromatic carbocycles. The van der Waals surface area contributed by atoms with Crippen molar-refractivity contribution in [1.29, 1.82) is 0 Å². The Morgan fingerprint density at radius 1 is 1.18 bits per heavy atom. The SMILES string of the molecule is O=C(Nc1nccs1)[C@@H]1CC(=O)N(c2ccc(S(=O)(=O)N3CCCC3)cc2)C1. The van der Waals surface area contributed by atoms with Crippen molar-refractivity contribution < 1.29 is 18.0 Å². The maximum atomic E-state index is 12.6. The molecule has 0 spiro atoms. The number of hydrogen-bond acceptors (Lipinski definition) is 6. The third-order valence-electron chi connectivity index (χ3n) is 5.01. The molecule has 0 radical (unpaired) electrons. The van der Waals surface area contributed by atoms with Crippen LogP contribution in [0.1, 0.15) is 19.3 Å². The summed E-state index contributed by atoms with van der Waals surface area (Å²) in [5, 5.41) is 4.99. The molecule has 148 valence electrons. The van der Waals surface area contributed by atoms with Crippen LogP contribution in [-0.4, -0.2) is 49.2 Å². The Bertz CT molecular complexity index is 968. The van der Waals surface area contributed by atoms with Crippen LogP contribution in [0.4, 0.5) is 10.8 Å². The van der Waals surface area contributed by atoms with Gasteiger partial charge in [0, 0.05) is 43.3 Å². The predicted molar refractivity (Wildman–Crippen MR) is 106 cm³/mol. The lowest BCUT2D eigenvalue weighted by Gasteiger charge is -2.19. The van der Waals surface area contributed by atoms with Gasteiger partial charge in [0.2, 0.25) is 21.8 Å². The van der Waals surface area contributed by atoms with E-state index in [0.717, 1.165) is 12.8 Å². The van der Waals surface area contributed by atoms with Gasteiger partial charge < -0.3 is 10.2 Å². The smallest absolute Gasteiger partial charge is 0.243 e. The number of carbonyl (C=O) groups is 2. The van der Waals surface area contributed by atoms with Crippen molar-refractivity contribution in [1.82, 2.24) is 9.29 Å². The molecule has 0 saturated carbocycles. The average Bonchev–Trinajstić information content (AvgIpc) is 3.44. The number of carbonyl (C=O) groups excluding carboxylic acids is 2. The zero-order valence-corrected chi connectivity index (χ0v) is 16.7. The molecule has 8 nitrogen and oxygen atoms in total. The first-order valence-corrected chi connectivity index (χ1v) is 11.4. The predicted octanol–water partition coefficient (Wildman–Crippen LogP) is 1.92. The normalized spacial score (nSPS) is 20.6. The zero-order chi connectivity index (χ0) is 19.7. The van der Waals surface area contributed by atoms with Crippen molar-refractivity contribution in [3.05, 3.63) is 35.8 Å². The summed E-state index contributed by atoms with van der Waals surface area (Å²) < 4.78 is 26.7. The van der Waals surface area contributed by atoms with Crippen molar-refractivity contribution >= 4 is 44.0 Å². The minimum absolute atomic E-state index is 0.116. The largest absolute Gasteiger partial charge is 0.312 e. The Hall–Kier alpha value is -2.30. The Morgan fingerprint density at radius 3 is 2.54 bits per heavy atom. The molecule has 4 rings (SSSR count). The van der Waals surface area contributed by atoms with Crippen molar-refractivity contribution in [2.75, 3.05) is 29.9 Å². The molecule has 2 saturated heterocycles. The topological polar surface area (TPSA) is 99.7 Å². The van der Waals surface area contributed by atoms with Gasteiger partial charge in [-0.1, -0.05) is 0 Å². The summed E-state index contributed by atoms with van der Waals surface area (Å²) in [5.41, 5.74) is 0.593. The first-order valence-electron chi connectivity index (χ1n) is 9.06. The van der Waals surface area contributed by atoms with Crippen molar-refractivity contribution in [2.24, 2.45) is 5.92 Å². The fourth-order valence-electron chi connectivity index (χ4n) is 3.50. The van der Waals surface area contributed by atoms with Crippen LogP contribution in [0.3, 0.4) is 0 Å². The summed E-state index contributed by atoms with van der Waals surface area (Å²) in [4.78, 5) is 30.5. The number of nitrogens with zero attached hydrogens (tertiary/aromatic N) is 3. The highest BCUT2D eigenvalue weighted by molar-refractivity contribution is 7.89. The highest BCUT2D eigenvalue weighted by Crippen LogP contribution is 2.28. The fraction of sp³-hybridized carbons (Fsp3) is 0.389. The van der Waals surface area contributed by atoms with Crippen LogP contribution in [-0.2, 0) is 19.6 Å². The molecule has 2 aliphatic rings. The number of aromatic nitrogens is 1. The molecule has 1 N–H and O–H groups in total. The molecule has 2 aromatic rings. The van der Waals surface area contributed by atoms with Crippen LogP contribution in [0, 0.1) is 5.92 Å². The van der Waals surface area contributed by atoms with E-state index >= 15 is 0 Å². The molecule has 3 heterocycles. The molecular formula is C18H20N4O4S2. The third kappa shape index (κ3) is 3.67. The van der Waals surface area contributed by atoms with Gasteiger partial charge in [-0.2, -0.15) is 4.31 Å². The highest BCUT2D eigenvalue weighted by atomic mass is 32.2. The Kier molecular flexibility index (Phi) is 5.17. The van der Waals surface area contributed by atoms with E-state index in [-0.39, 0.29) is 29.7 Å². The summed E-state index contributed by atoms with van der Waals surface area (Å²) in [5.74, 6) is -0.863. The van der Waals surface area contributed by atoms with Gasteiger partial charge in [0.1, 0.15) is 0 Å². The number of sulfonamides is 1.